The van der Waals surface area contributed by atoms with Crippen LogP contribution in [0.1, 0.15) is 31.5 Å². The first kappa shape index (κ1) is 18.5. The molecule has 6 heteroatoms. The van der Waals surface area contributed by atoms with E-state index in [0.717, 1.165) is 42.1 Å². The van der Waals surface area contributed by atoms with Gasteiger partial charge in [0.25, 0.3) is 0 Å². The predicted octanol–water partition coefficient (Wildman–Crippen LogP) is 3.50. The van der Waals surface area contributed by atoms with Gasteiger partial charge in [-0.15, -0.1) is 0 Å². The number of rotatable bonds is 8. The Balaban J connectivity index is 1.89. The molecule has 0 aliphatic heterocycles. The second-order valence-electron chi connectivity index (χ2n) is 5.77. The maximum Gasteiger partial charge on any atom is 0.191 e. The van der Waals surface area contributed by atoms with Crippen molar-refractivity contribution in [2.45, 2.75) is 33.2 Å². The highest BCUT2D eigenvalue weighted by atomic mass is 79.9. The van der Waals surface area contributed by atoms with Crippen LogP contribution in [0.4, 0.5) is 0 Å². The van der Waals surface area contributed by atoms with Gasteiger partial charge in [-0.2, -0.15) is 5.10 Å². The molecule has 0 saturated heterocycles. The fourth-order valence-corrected chi connectivity index (χ4v) is 2.92. The van der Waals surface area contributed by atoms with Crippen molar-refractivity contribution in [2.75, 3.05) is 13.1 Å². The second-order valence-corrected chi connectivity index (χ2v) is 6.68. The number of nitrogens with zero attached hydrogens (tertiary/aromatic N) is 2. The fourth-order valence-electron chi connectivity index (χ4n) is 2.48. The van der Waals surface area contributed by atoms with E-state index in [2.05, 4.69) is 79.9 Å². The van der Waals surface area contributed by atoms with Gasteiger partial charge in [-0.25, -0.2) is 4.99 Å². The Kier molecular flexibility index (Phi) is 7.82. The van der Waals surface area contributed by atoms with Gasteiger partial charge in [0.2, 0.25) is 0 Å². The van der Waals surface area contributed by atoms with Crippen LogP contribution in [0, 0.1) is 5.92 Å². The molecule has 0 fully saturated rings. The smallest absolute Gasteiger partial charge is 0.191 e. The van der Waals surface area contributed by atoms with Gasteiger partial charge in [-0.05, 0) is 43.0 Å². The lowest BCUT2D eigenvalue weighted by atomic mass is 9.97. The zero-order valence-corrected chi connectivity index (χ0v) is 15.9. The summed E-state index contributed by atoms with van der Waals surface area (Å²) in [5.74, 6) is 1.41. The molecule has 0 aliphatic rings. The molecule has 1 aromatic heterocycles. The average Bonchev–Trinajstić information content (AvgIpc) is 3.09. The third kappa shape index (κ3) is 6.35. The molecule has 2 rings (SSSR count). The van der Waals surface area contributed by atoms with Crippen LogP contribution in [-0.2, 0) is 13.0 Å². The third-order valence-corrected chi connectivity index (χ3v) is 4.35. The van der Waals surface area contributed by atoms with Gasteiger partial charge in [0.05, 0.1) is 12.2 Å². The highest BCUT2D eigenvalue weighted by Gasteiger charge is 2.09. The third-order valence-electron chi connectivity index (χ3n) is 3.86. The quantitative estimate of drug-likeness (QED) is 0.476. The molecule has 0 aliphatic carbocycles. The second kappa shape index (κ2) is 10.1. The summed E-state index contributed by atoms with van der Waals surface area (Å²) in [6.07, 6.45) is 3.93. The Morgan fingerprint density at radius 2 is 2.17 bits per heavy atom. The molecule has 0 radical (unpaired) electrons. The summed E-state index contributed by atoms with van der Waals surface area (Å²) in [4.78, 5) is 4.60. The van der Waals surface area contributed by atoms with Crippen LogP contribution in [0.25, 0.3) is 0 Å². The van der Waals surface area contributed by atoms with Crippen molar-refractivity contribution in [1.29, 1.82) is 0 Å². The summed E-state index contributed by atoms with van der Waals surface area (Å²) in [5.41, 5.74) is 2.37. The first-order valence-corrected chi connectivity index (χ1v) is 9.25. The number of hydrogen-bond donors (Lipinski definition) is 3. The highest BCUT2D eigenvalue weighted by molar-refractivity contribution is 9.10. The van der Waals surface area contributed by atoms with Gasteiger partial charge < -0.3 is 10.6 Å². The van der Waals surface area contributed by atoms with E-state index in [1.807, 2.05) is 6.07 Å². The molecule has 24 heavy (non-hydrogen) atoms. The number of benzene rings is 1. The van der Waals surface area contributed by atoms with E-state index >= 15 is 0 Å². The lowest BCUT2D eigenvalue weighted by Crippen LogP contribution is -2.40. The largest absolute Gasteiger partial charge is 0.357 e. The van der Waals surface area contributed by atoms with Crippen LogP contribution in [0.3, 0.4) is 0 Å². The molecule has 2 aromatic rings. The molecule has 5 nitrogen and oxygen atoms in total. The lowest BCUT2D eigenvalue weighted by molar-refractivity contribution is 0.493. The molecule has 1 atom stereocenters. The van der Waals surface area contributed by atoms with Gasteiger partial charge in [-0.1, -0.05) is 41.4 Å². The zero-order chi connectivity index (χ0) is 17.2. The van der Waals surface area contributed by atoms with Gasteiger partial charge in [0.1, 0.15) is 0 Å². The number of hydrogen-bond acceptors (Lipinski definition) is 2. The Labute approximate surface area is 152 Å². The normalized spacial score (nSPS) is 12.9. The molecular weight excluding hydrogens is 366 g/mol. The van der Waals surface area contributed by atoms with Gasteiger partial charge >= 0.3 is 0 Å². The van der Waals surface area contributed by atoms with Crippen molar-refractivity contribution < 1.29 is 0 Å². The molecular formula is C18H26BrN5. The zero-order valence-electron chi connectivity index (χ0n) is 14.3. The lowest BCUT2D eigenvalue weighted by Gasteiger charge is -2.18. The molecule has 3 N–H and O–H groups in total. The molecule has 1 heterocycles. The molecule has 0 bridgehead atoms. The number of guanidine groups is 1. The number of aromatic amines is 1. The highest BCUT2D eigenvalue weighted by Crippen LogP contribution is 2.16. The standard InChI is InChI=1S/C18H26BrN5/c1-3-14(10-15-6-5-7-16(19)11-15)12-21-18(20-4-2)22-13-17-8-9-23-24-17/h5-9,11,14H,3-4,10,12-13H2,1-2H3,(H,23,24)(H2,20,21,22). The molecule has 0 amide bonds. The maximum atomic E-state index is 4.60. The number of nitrogens with one attached hydrogen (secondary N) is 3. The summed E-state index contributed by atoms with van der Waals surface area (Å²) < 4.78 is 1.14. The van der Waals surface area contributed by atoms with Gasteiger partial charge in [0.15, 0.2) is 5.96 Å². The van der Waals surface area contributed by atoms with Crippen LogP contribution in [-0.4, -0.2) is 29.2 Å². The predicted molar refractivity (Wildman–Crippen MR) is 103 cm³/mol. The van der Waals surface area contributed by atoms with Crippen LogP contribution >= 0.6 is 15.9 Å². The van der Waals surface area contributed by atoms with Gasteiger partial charge in [-0.3, -0.25) is 5.10 Å². The topological polar surface area (TPSA) is 65.1 Å². The SMILES string of the molecule is CCNC(=NCc1ccn[nH]1)NCC(CC)Cc1cccc(Br)c1. The van der Waals surface area contributed by atoms with E-state index in [4.69, 9.17) is 0 Å². The Bertz CT molecular complexity index is 624. The van der Waals surface area contributed by atoms with E-state index in [-0.39, 0.29) is 0 Å². The number of halogens is 1. The van der Waals surface area contributed by atoms with Crippen molar-refractivity contribution in [1.82, 2.24) is 20.8 Å². The Hall–Kier alpha value is -1.82. The summed E-state index contributed by atoms with van der Waals surface area (Å²) in [6.45, 7) is 6.65. The summed E-state index contributed by atoms with van der Waals surface area (Å²) in [5, 5.41) is 13.6. The minimum absolute atomic E-state index is 0.565. The van der Waals surface area contributed by atoms with Crippen LogP contribution < -0.4 is 10.6 Å². The minimum atomic E-state index is 0.565. The number of aromatic nitrogens is 2. The number of H-pyrrole nitrogens is 1. The van der Waals surface area contributed by atoms with Gasteiger partial charge in [0, 0.05) is 23.8 Å². The monoisotopic (exact) mass is 391 g/mol. The van der Waals surface area contributed by atoms with Crippen LogP contribution in [0.2, 0.25) is 0 Å². The van der Waals surface area contributed by atoms with Crippen molar-refractivity contribution >= 4 is 21.9 Å². The van der Waals surface area contributed by atoms with E-state index in [1.54, 1.807) is 6.20 Å². The molecule has 0 spiro atoms. The first-order chi connectivity index (χ1) is 11.7. The Morgan fingerprint density at radius 1 is 1.29 bits per heavy atom. The summed E-state index contributed by atoms with van der Waals surface area (Å²) >= 11 is 3.54. The van der Waals surface area contributed by atoms with Crippen LogP contribution in [0.5, 0.6) is 0 Å². The average molecular weight is 392 g/mol. The summed E-state index contributed by atoms with van der Waals surface area (Å²) in [6, 6.07) is 10.5. The Morgan fingerprint density at radius 3 is 2.83 bits per heavy atom. The maximum absolute atomic E-state index is 4.60. The molecule has 130 valence electrons. The number of aliphatic imine (C=N–C) groups is 1. The van der Waals surface area contributed by atoms with Crippen molar-refractivity contribution in [3.05, 3.63) is 52.3 Å². The molecule has 1 unspecified atom stereocenters. The van der Waals surface area contributed by atoms with E-state index in [0.29, 0.717) is 12.5 Å². The van der Waals surface area contributed by atoms with Crippen LogP contribution in [0.15, 0.2) is 46.0 Å². The molecule has 1 aromatic carbocycles. The van der Waals surface area contributed by atoms with Crippen molar-refractivity contribution in [3.63, 3.8) is 0 Å². The van der Waals surface area contributed by atoms with Crippen molar-refractivity contribution in [2.24, 2.45) is 10.9 Å². The van der Waals surface area contributed by atoms with Crippen molar-refractivity contribution in [3.8, 4) is 0 Å². The van der Waals surface area contributed by atoms with E-state index < -0.39 is 0 Å². The van der Waals surface area contributed by atoms with E-state index in [1.165, 1.54) is 5.56 Å². The first-order valence-electron chi connectivity index (χ1n) is 8.46. The summed E-state index contributed by atoms with van der Waals surface area (Å²) in [7, 11) is 0. The minimum Gasteiger partial charge on any atom is -0.357 e. The van der Waals surface area contributed by atoms with E-state index in [9.17, 15) is 0 Å². The molecule has 0 saturated carbocycles. The fraction of sp³-hybridized carbons (Fsp3) is 0.444.